The fourth-order valence-electron chi connectivity index (χ4n) is 1.41. The first-order valence-corrected chi connectivity index (χ1v) is 6.52. The highest BCUT2D eigenvalue weighted by atomic mass is 32.2. The Bertz CT molecular complexity index is 343. The monoisotopic (exact) mass is 253 g/mol. The molecule has 0 saturated heterocycles. The maximum Gasteiger partial charge on any atom is 0.233 e. The smallest absolute Gasteiger partial charge is 0.233 e. The SMILES string of the molecule is COC[C@H](C)NC(=O)[C@@H](C)Sc1ccccc1. The normalized spacial score (nSPS) is 14.1. The average Bonchev–Trinajstić information content (AvgIpc) is 2.30. The van der Waals surface area contributed by atoms with E-state index in [1.807, 2.05) is 44.2 Å². The first kappa shape index (κ1) is 14.1. The molecule has 1 amide bonds. The van der Waals surface area contributed by atoms with Crippen LogP contribution in [0.15, 0.2) is 35.2 Å². The van der Waals surface area contributed by atoms with Crippen molar-refractivity contribution in [2.24, 2.45) is 0 Å². The molecule has 1 N–H and O–H groups in total. The molecule has 0 aliphatic rings. The highest BCUT2D eigenvalue weighted by Gasteiger charge is 2.16. The lowest BCUT2D eigenvalue weighted by Gasteiger charge is -2.16. The summed E-state index contributed by atoms with van der Waals surface area (Å²) in [7, 11) is 1.63. The number of carbonyl (C=O) groups excluding carboxylic acids is 1. The van der Waals surface area contributed by atoms with Gasteiger partial charge in [0.25, 0.3) is 0 Å². The van der Waals surface area contributed by atoms with Gasteiger partial charge in [-0.25, -0.2) is 0 Å². The summed E-state index contributed by atoms with van der Waals surface area (Å²) in [6.45, 7) is 4.38. The van der Waals surface area contributed by atoms with Crippen LogP contribution in [0, 0.1) is 0 Å². The standard InChI is InChI=1S/C13H19NO2S/c1-10(9-16-3)14-13(15)11(2)17-12-7-5-4-6-8-12/h4-8,10-11H,9H2,1-3H3,(H,14,15)/t10-,11+/m0/s1. The summed E-state index contributed by atoms with van der Waals surface area (Å²) in [5.74, 6) is 0.0448. The molecule has 1 aromatic rings. The van der Waals surface area contributed by atoms with Gasteiger partial charge in [0.15, 0.2) is 0 Å². The van der Waals surface area contributed by atoms with Crippen LogP contribution in [0.25, 0.3) is 0 Å². The van der Waals surface area contributed by atoms with Gasteiger partial charge in [0, 0.05) is 18.0 Å². The van der Waals surface area contributed by atoms with Crippen molar-refractivity contribution in [3.63, 3.8) is 0 Å². The van der Waals surface area contributed by atoms with Gasteiger partial charge in [-0.15, -0.1) is 11.8 Å². The third-order valence-electron chi connectivity index (χ3n) is 2.23. The van der Waals surface area contributed by atoms with Gasteiger partial charge in [0.05, 0.1) is 11.9 Å². The minimum Gasteiger partial charge on any atom is -0.383 e. The van der Waals surface area contributed by atoms with E-state index in [2.05, 4.69) is 5.32 Å². The number of carbonyl (C=O) groups is 1. The number of hydrogen-bond acceptors (Lipinski definition) is 3. The molecule has 17 heavy (non-hydrogen) atoms. The van der Waals surface area contributed by atoms with Crippen LogP contribution in [0.5, 0.6) is 0 Å². The van der Waals surface area contributed by atoms with Gasteiger partial charge in [-0.3, -0.25) is 4.79 Å². The van der Waals surface area contributed by atoms with Crippen molar-refractivity contribution in [3.05, 3.63) is 30.3 Å². The molecule has 0 aromatic heterocycles. The average molecular weight is 253 g/mol. The highest BCUT2D eigenvalue weighted by molar-refractivity contribution is 8.00. The Morgan fingerprint density at radius 3 is 2.59 bits per heavy atom. The van der Waals surface area contributed by atoms with E-state index in [-0.39, 0.29) is 17.2 Å². The summed E-state index contributed by atoms with van der Waals surface area (Å²) in [5, 5.41) is 2.82. The number of hydrogen-bond donors (Lipinski definition) is 1. The lowest BCUT2D eigenvalue weighted by atomic mass is 10.3. The Kier molecular flexibility index (Phi) is 6.08. The molecule has 94 valence electrons. The number of methoxy groups -OCH3 is 1. The van der Waals surface area contributed by atoms with Gasteiger partial charge in [0.1, 0.15) is 0 Å². The molecule has 0 unspecified atom stereocenters. The predicted molar refractivity (Wildman–Crippen MR) is 71.2 cm³/mol. The molecule has 0 aliphatic carbocycles. The van der Waals surface area contributed by atoms with E-state index in [9.17, 15) is 4.79 Å². The van der Waals surface area contributed by atoms with Crippen LogP contribution in [-0.4, -0.2) is 30.9 Å². The molecule has 0 radical (unpaired) electrons. The number of nitrogens with one attached hydrogen (secondary N) is 1. The van der Waals surface area contributed by atoms with E-state index < -0.39 is 0 Å². The van der Waals surface area contributed by atoms with Gasteiger partial charge in [-0.1, -0.05) is 18.2 Å². The van der Waals surface area contributed by atoms with Crippen LogP contribution in [-0.2, 0) is 9.53 Å². The Balaban J connectivity index is 2.42. The predicted octanol–water partition coefficient (Wildman–Crippen LogP) is 2.32. The lowest BCUT2D eigenvalue weighted by molar-refractivity contribution is -0.121. The third kappa shape index (κ3) is 5.24. The van der Waals surface area contributed by atoms with E-state index in [4.69, 9.17) is 4.74 Å². The zero-order valence-corrected chi connectivity index (χ0v) is 11.3. The number of rotatable bonds is 6. The third-order valence-corrected chi connectivity index (χ3v) is 3.34. The van der Waals surface area contributed by atoms with Crippen molar-refractivity contribution in [1.29, 1.82) is 0 Å². The Labute approximate surface area is 107 Å². The topological polar surface area (TPSA) is 38.3 Å². The fraction of sp³-hybridized carbons (Fsp3) is 0.462. The van der Waals surface area contributed by atoms with Crippen molar-refractivity contribution in [2.75, 3.05) is 13.7 Å². The van der Waals surface area contributed by atoms with Crippen LogP contribution in [0.2, 0.25) is 0 Å². The Morgan fingerprint density at radius 2 is 2.00 bits per heavy atom. The van der Waals surface area contributed by atoms with Crippen molar-refractivity contribution < 1.29 is 9.53 Å². The molecule has 2 atom stereocenters. The van der Waals surface area contributed by atoms with E-state index in [1.165, 1.54) is 0 Å². The van der Waals surface area contributed by atoms with Crippen LogP contribution >= 0.6 is 11.8 Å². The van der Waals surface area contributed by atoms with Crippen molar-refractivity contribution in [1.82, 2.24) is 5.32 Å². The van der Waals surface area contributed by atoms with Crippen molar-refractivity contribution in [2.45, 2.75) is 30.0 Å². The molecule has 0 bridgehead atoms. The first-order valence-electron chi connectivity index (χ1n) is 5.64. The van der Waals surface area contributed by atoms with Gasteiger partial charge in [0.2, 0.25) is 5.91 Å². The van der Waals surface area contributed by atoms with Crippen LogP contribution < -0.4 is 5.32 Å². The van der Waals surface area contributed by atoms with Crippen molar-refractivity contribution in [3.8, 4) is 0 Å². The Hall–Kier alpha value is -1.00. The van der Waals surface area contributed by atoms with Crippen LogP contribution in [0.4, 0.5) is 0 Å². The molecule has 1 aromatic carbocycles. The molecule has 0 saturated carbocycles. The van der Waals surface area contributed by atoms with E-state index in [0.717, 1.165) is 4.90 Å². The highest BCUT2D eigenvalue weighted by Crippen LogP contribution is 2.22. The number of thioether (sulfide) groups is 1. The largest absolute Gasteiger partial charge is 0.383 e. The minimum atomic E-state index is -0.100. The van der Waals surface area contributed by atoms with Gasteiger partial charge in [-0.05, 0) is 26.0 Å². The Morgan fingerprint density at radius 1 is 1.35 bits per heavy atom. The van der Waals surface area contributed by atoms with Gasteiger partial charge < -0.3 is 10.1 Å². The maximum atomic E-state index is 11.8. The number of ether oxygens (including phenoxy) is 1. The minimum absolute atomic E-state index is 0.0448. The summed E-state index contributed by atoms with van der Waals surface area (Å²) in [6.07, 6.45) is 0. The fourth-order valence-corrected chi connectivity index (χ4v) is 2.31. The molecule has 0 fully saturated rings. The van der Waals surface area contributed by atoms with Crippen LogP contribution in [0.1, 0.15) is 13.8 Å². The quantitative estimate of drug-likeness (QED) is 0.791. The van der Waals surface area contributed by atoms with Gasteiger partial charge in [-0.2, -0.15) is 0 Å². The summed E-state index contributed by atoms with van der Waals surface area (Å²) in [6, 6.07) is 9.97. The van der Waals surface area contributed by atoms with E-state index in [1.54, 1.807) is 18.9 Å². The molecule has 0 aliphatic heterocycles. The zero-order valence-electron chi connectivity index (χ0n) is 10.5. The van der Waals surface area contributed by atoms with Gasteiger partial charge >= 0.3 is 0 Å². The second kappa shape index (κ2) is 7.35. The zero-order chi connectivity index (χ0) is 12.7. The second-order valence-corrected chi connectivity index (χ2v) is 5.35. The molecule has 0 heterocycles. The summed E-state index contributed by atoms with van der Waals surface area (Å²) in [5.41, 5.74) is 0. The molecule has 1 rings (SSSR count). The molecular weight excluding hydrogens is 234 g/mol. The maximum absolute atomic E-state index is 11.8. The summed E-state index contributed by atoms with van der Waals surface area (Å²) < 4.78 is 4.98. The van der Waals surface area contributed by atoms with Crippen LogP contribution in [0.3, 0.4) is 0 Å². The summed E-state index contributed by atoms with van der Waals surface area (Å²) in [4.78, 5) is 13.0. The van der Waals surface area contributed by atoms with E-state index in [0.29, 0.717) is 6.61 Å². The molecule has 0 spiro atoms. The molecule has 4 heteroatoms. The lowest BCUT2D eigenvalue weighted by Crippen LogP contribution is -2.39. The first-order chi connectivity index (χ1) is 8.13. The van der Waals surface area contributed by atoms with Crippen molar-refractivity contribution >= 4 is 17.7 Å². The summed E-state index contributed by atoms with van der Waals surface area (Å²) >= 11 is 1.56. The molecular formula is C13H19NO2S. The number of benzene rings is 1. The van der Waals surface area contributed by atoms with E-state index >= 15 is 0 Å². The number of amides is 1. The molecule has 3 nitrogen and oxygen atoms in total. The second-order valence-electron chi connectivity index (χ2n) is 3.94.